The summed E-state index contributed by atoms with van der Waals surface area (Å²) in [5, 5.41) is 9.64. The molecule has 0 saturated carbocycles. The first-order valence-electron chi connectivity index (χ1n) is 20.8. The van der Waals surface area contributed by atoms with Gasteiger partial charge in [-0.3, -0.25) is 0 Å². The lowest BCUT2D eigenvalue weighted by Gasteiger charge is -2.35. The highest BCUT2D eigenvalue weighted by atomic mass is 28.3. The van der Waals surface area contributed by atoms with Crippen molar-refractivity contribution < 1.29 is 0 Å². The van der Waals surface area contributed by atoms with Gasteiger partial charge in [0.2, 0.25) is 0 Å². The highest BCUT2D eigenvalue weighted by molar-refractivity contribution is 7.03. The molecule has 10 rings (SSSR count). The minimum Gasteiger partial charge on any atom is -0.310 e. The molecular formula is C55H48N2Si2. The quantitative estimate of drug-likeness (QED) is 0.141. The number of anilines is 6. The van der Waals surface area contributed by atoms with E-state index in [1.165, 1.54) is 76.4 Å². The number of hydrogen-bond donors (Lipinski definition) is 0. The number of benzene rings is 9. The molecular weight excluding hydrogens is 745 g/mol. The van der Waals surface area contributed by atoms with Crippen LogP contribution in [0.2, 0.25) is 32.7 Å². The van der Waals surface area contributed by atoms with Crippen molar-refractivity contribution >= 4 is 87.4 Å². The zero-order valence-electron chi connectivity index (χ0n) is 34.4. The molecule has 59 heavy (non-hydrogen) atoms. The van der Waals surface area contributed by atoms with Gasteiger partial charge < -0.3 is 9.80 Å². The Morgan fingerprint density at radius 1 is 0.373 bits per heavy atom. The van der Waals surface area contributed by atoms with E-state index in [2.05, 4.69) is 243 Å². The topological polar surface area (TPSA) is 6.48 Å². The molecule has 0 aromatic heterocycles. The Bertz CT molecular complexity index is 2950. The van der Waals surface area contributed by atoms with Crippen LogP contribution in [0.25, 0.3) is 43.8 Å². The Morgan fingerprint density at radius 2 is 0.847 bits per heavy atom. The first-order chi connectivity index (χ1) is 28.7. The number of rotatable bonds is 8. The minimum absolute atomic E-state index is 1.15. The van der Waals surface area contributed by atoms with Crippen molar-refractivity contribution in [2.45, 2.75) is 32.7 Å². The monoisotopic (exact) mass is 792 g/mol. The van der Waals surface area contributed by atoms with E-state index >= 15 is 0 Å². The van der Waals surface area contributed by atoms with Gasteiger partial charge in [0, 0.05) is 33.5 Å². The van der Waals surface area contributed by atoms with Gasteiger partial charge in [-0.15, -0.1) is 0 Å². The van der Waals surface area contributed by atoms with Gasteiger partial charge in [0.15, 0.2) is 0 Å². The average Bonchev–Trinajstić information content (AvgIpc) is 3.27. The molecule has 286 valence electrons. The van der Waals surface area contributed by atoms with Crippen LogP contribution in [0.1, 0.15) is 0 Å². The third-order valence-electron chi connectivity index (χ3n) is 12.4. The SMILES string of the molecule is C[Si](C)(C)c1ccc(N(c2ccccc2)c2ccc(-c3ccc4c(c3)[Si](C)(C)c3cccc5c(N(c6ccccc6)c6ccccc6)ccc-4c35)c3ccccc23)cc1. The van der Waals surface area contributed by atoms with Crippen LogP contribution in [0, 0.1) is 0 Å². The van der Waals surface area contributed by atoms with Crippen LogP contribution in [-0.2, 0) is 0 Å². The van der Waals surface area contributed by atoms with Gasteiger partial charge in [0.05, 0.1) is 19.4 Å². The van der Waals surface area contributed by atoms with Crippen LogP contribution in [-0.4, -0.2) is 16.1 Å². The molecule has 1 aliphatic heterocycles. The zero-order valence-corrected chi connectivity index (χ0v) is 36.4. The van der Waals surface area contributed by atoms with Crippen molar-refractivity contribution in [2.75, 3.05) is 9.80 Å². The summed E-state index contributed by atoms with van der Waals surface area (Å²) in [6.45, 7) is 12.3. The summed E-state index contributed by atoms with van der Waals surface area (Å²) in [6, 6.07) is 74.3. The van der Waals surface area contributed by atoms with Crippen LogP contribution in [0.3, 0.4) is 0 Å². The summed E-state index contributed by atoms with van der Waals surface area (Å²) in [7, 11) is -3.61. The van der Waals surface area contributed by atoms with Crippen LogP contribution >= 0.6 is 0 Å². The predicted molar refractivity (Wildman–Crippen MR) is 261 cm³/mol. The molecule has 0 radical (unpaired) electrons. The van der Waals surface area contributed by atoms with Gasteiger partial charge in [0.25, 0.3) is 0 Å². The standard InChI is InChI=1S/C55H48N2Si2/c1-58(2,3)44-31-29-43(30-32-44)57(42-22-13-8-14-23-42)51-36-34-45(46-24-15-16-25-47(46)51)39-28-33-48-49-35-37-52(50-26-17-27-53(55(49)50)59(4,5)54(48)38-39)56(40-18-9-6-10-19-40)41-20-11-7-12-21-41/h6-38H,1-5H3. The second-order valence-electron chi connectivity index (χ2n) is 17.4. The third-order valence-corrected chi connectivity index (χ3v) is 18.0. The maximum atomic E-state index is 2.54. The average molecular weight is 793 g/mol. The van der Waals surface area contributed by atoms with Crippen LogP contribution in [0.5, 0.6) is 0 Å². The lowest BCUT2D eigenvalue weighted by Crippen LogP contribution is -2.55. The predicted octanol–water partition coefficient (Wildman–Crippen LogP) is 13.9. The van der Waals surface area contributed by atoms with E-state index in [4.69, 9.17) is 0 Å². The minimum atomic E-state index is -2.17. The molecule has 9 aromatic carbocycles. The van der Waals surface area contributed by atoms with E-state index < -0.39 is 16.1 Å². The van der Waals surface area contributed by atoms with Crippen molar-refractivity contribution in [1.82, 2.24) is 0 Å². The second-order valence-corrected chi connectivity index (χ2v) is 26.8. The van der Waals surface area contributed by atoms with Gasteiger partial charge >= 0.3 is 0 Å². The van der Waals surface area contributed by atoms with Gasteiger partial charge in [-0.05, 0) is 104 Å². The molecule has 0 saturated heterocycles. The van der Waals surface area contributed by atoms with Crippen molar-refractivity contribution in [2.24, 2.45) is 0 Å². The summed E-state index contributed by atoms with van der Waals surface area (Å²) in [6.07, 6.45) is 0. The Morgan fingerprint density at radius 3 is 1.42 bits per heavy atom. The fourth-order valence-corrected chi connectivity index (χ4v) is 13.6. The molecule has 0 spiro atoms. The number of nitrogens with zero attached hydrogens (tertiary/aromatic N) is 2. The normalized spacial score (nSPS) is 13.0. The molecule has 0 bridgehead atoms. The smallest absolute Gasteiger partial charge is 0.113 e. The maximum absolute atomic E-state index is 2.54. The van der Waals surface area contributed by atoms with Crippen molar-refractivity contribution in [3.05, 3.63) is 200 Å². The first kappa shape index (κ1) is 36.8. The second kappa shape index (κ2) is 14.4. The van der Waals surface area contributed by atoms with E-state index in [-0.39, 0.29) is 0 Å². The van der Waals surface area contributed by atoms with Gasteiger partial charge in [-0.1, -0.05) is 177 Å². The Balaban J connectivity index is 1.11. The summed E-state index contributed by atoms with van der Waals surface area (Å²) in [4.78, 5) is 4.83. The molecule has 0 amide bonds. The Hall–Kier alpha value is -6.47. The molecule has 4 heteroatoms. The van der Waals surface area contributed by atoms with E-state index in [0.717, 1.165) is 17.1 Å². The van der Waals surface area contributed by atoms with Crippen molar-refractivity contribution in [1.29, 1.82) is 0 Å². The number of hydrogen-bond acceptors (Lipinski definition) is 2. The highest BCUT2D eigenvalue weighted by Gasteiger charge is 2.36. The molecule has 9 aromatic rings. The third kappa shape index (κ3) is 6.31. The molecule has 0 unspecified atom stereocenters. The van der Waals surface area contributed by atoms with E-state index in [1.54, 1.807) is 0 Å². The van der Waals surface area contributed by atoms with Gasteiger partial charge in [0.1, 0.15) is 8.07 Å². The van der Waals surface area contributed by atoms with Gasteiger partial charge in [-0.25, -0.2) is 0 Å². The van der Waals surface area contributed by atoms with E-state index in [0.29, 0.717) is 0 Å². The van der Waals surface area contributed by atoms with E-state index in [1.807, 2.05) is 0 Å². The summed E-state index contributed by atoms with van der Waals surface area (Å²) < 4.78 is 0. The number of fused-ring (bicyclic) bond motifs is 3. The Kier molecular flexibility index (Phi) is 9.01. The largest absolute Gasteiger partial charge is 0.310 e. The first-order valence-corrected chi connectivity index (χ1v) is 27.3. The summed E-state index contributed by atoms with van der Waals surface area (Å²) in [5.74, 6) is 0. The van der Waals surface area contributed by atoms with Crippen molar-refractivity contribution in [3.63, 3.8) is 0 Å². The molecule has 0 fully saturated rings. The van der Waals surface area contributed by atoms with Crippen molar-refractivity contribution in [3.8, 4) is 22.3 Å². The lowest BCUT2D eigenvalue weighted by molar-refractivity contribution is 1.30. The lowest BCUT2D eigenvalue weighted by atomic mass is 9.92. The fourth-order valence-electron chi connectivity index (χ4n) is 9.37. The summed E-state index contributed by atoms with van der Waals surface area (Å²) in [5.41, 5.74) is 12.2. The highest BCUT2D eigenvalue weighted by Crippen LogP contribution is 2.45. The van der Waals surface area contributed by atoms with Gasteiger partial charge in [-0.2, -0.15) is 0 Å². The van der Waals surface area contributed by atoms with Crippen LogP contribution < -0.4 is 25.4 Å². The van der Waals surface area contributed by atoms with Crippen LogP contribution in [0.15, 0.2) is 200 Å². The van der Waals surface area contributed by atoms with E-state index in [9.17, 15) is 0 Å². The molecule has 0 N–H and O–H groups in total. The molecule has 2 nitrogen and oxygen atoms in total. The molecule has 1 aliphatic rings. The maximum Gasteiger partial charge on any atom is 0.113 e. The Labute approximate surface area is 350 Å². The zero-order chi connectivity index (χ0) is 40.3. The number of para-hydroxylation sites is 3. The molecule has 1 heterocycles. The fraction of sp³-hybridized carbons (Fsp3) is 0.0909. The van der Waals surface area contributed by atoms with Crippen LogP contribution in [0.4, 0.5) is 34.1 Å². The summed E-state index contributed by atoms with van der Waals surface area (Å²) >= 11 is 0. The molecule has 0 atom stereocenters. The molecule has 0 aliphatic carbocycles.